The summed E-state index contributed by atoms with van der Waals surface area (Å²) < 4.78 is 14.5. The van der Waals surface area contributed by atoms with E-state index >= 15 is 0 Å². The molecule has 0 bridgehead atoms. The molecule has 5 nitrogen and oxygen atoms in total. The molecule has 0 spiro atoms. The van der Waals surface area contributed by atoms with Gasteiger partial charge in [-0.3, -0.25) is 9.79 Å². The summed E-state index contributed by atoms with van der Waals surface area (Å²) in [5, 5.41) is 0. The van der Waals surface area contributed by atoms with Crippen LogP contribution in [0.15, 0.2) is 11.8 Å². The average Bonchev–Trinajstić information content (AvgIpc) is 1.84. The monoisotopic (exact) mass is 181 g/mol. The number of rotatable bonds is 4. The Bertz CT molecular complexity index is 185. The Morgan fingerprint density at radius 1 is 1.73 bits per heavy atom. The molecule has 4 N–H and O–H groups in total. The summed E-state index contributed by atoms with van der Waals surface area (Å²) in [6, 6.07) is 0. The van der Waals surface area contributed by atoms with Crippen LogP contribution in [0.3, 0.4) is 0 Å². The van der Waals surface area contributed by atoms with E-state index in [1.807, 2.05) is 0 Å². The molecule has 0 saturated carbocycles. The van der Waals surface area contributed by atoms with Crippen molar-refractivity contribution in [3.8, 4) is 0 Å². The molecule has 0 unspecified atom stereocenters. The van der Waals surface area contributed by atoms with E-state index in [-0.39, 0.29) is 5.76 Å². The maximum Gasteiger partial charge on any atom is 0.524 e. The van der Waals surface area contributed by atoms with E-state index in [2.05, 4.69) is 4.52 Å². The van der Waals surface area contributed by atoms with Crippen molar-refractivity contribution in [2.75, 3.05) is 6.54 Å². The zero-order valence-electron chi connectivity index (χ0n) is 6.23. The fraction of sp³-hybridized carbons (Fsp3) is 0.600. The maximum absolute atomic E-state index is 10.3. The largest absolute Gasteiger partial charge is 0.524 e. The lowest BCUT2D eigenvalue weighted by Gasteiger charge is -2.08. The minimum atomic E-state index is -4.39. The first-order valence-electron chi connectivity index (χ1n) is 3.10. The van der Waals surface area contributed by atoms with Crippen molar-refractivity contribution in [2.24, 2.45) is 5.73 Å². The Morgan fingerprint density at radius 3 is 2.55 bits per heavy atom. The van der Waals surface area contributed by atoms with Crippen molar-refractivity contribution in [3.05, 3.63) is 11.8 Å². The Labute approximate surface area is 65.1 Å². The van der Waals surface area contributed by atoms with E-state index in [0.29, 0.717) is 13.0 Å². The third-order valence-electron chi connectivity index (χ3n) is 0.949. The number of nitrogens with two attached hydrogens (primary N) is 1. The third kappa shape index (κ3) is 6.06. The highest BCUT2D eigenvalue weighted by molar-refractivity contribution is 7.46. The summed E-state index contributed by atoms with van der Waals surface area (Å²) in [5.74, 6) is 0.223. The zero-order valence-corrected chi connectivity index (χ0v) is 7.12. The van der Waals surface area contributed by atoms with Gasteiger partial charge in [0.15, 0.2) is 0 Å². The van der Waals surface area contributed by atoms with Gasteiger partial charge in [-0.05, 0) is 19.5 Å². The fourth-order valence-electron chi connectivity index (χ4n) is 0.538. The second-order valence-electron chi connectivity index (χ2n) is 1.88. The van der Waals surface area contributed by atoms with Gasteiger partial charge in [0.05, 0.1) is 0 Å². The Hall–Kier alpha value is -0.350. The van der Waals surface area contributed by atoms with Crippen LogP contribution in [0.1, 0.15) is 13.3 Å². The van der Waals surface area contributed by atoms with Gasteiger partial charge < -0.3 is 10.3 Å². The topological polar surface area (TPSA) is 92.8 Å². The lowest BCUT2D eigenvalue weighted by molar-refractivity contribution is 0.237. The third-order valence-corrected chi connectivity index (χ3v) is 1.42. The summed E-state index contributed by atoms with van der Waals surface area (Å²) in [6.45, 7) is 1.93. The van der Waals surface area contributed by atoms with Crippen LogP contribution < -0.4 is 5.73 Å². The molecule has 0 aromatic carbocycles. The molecule has 0 saturated heterocycles. The number of hydrogen-bond donors (Lipinski definition) is 3. The van der Waals surface area contributed by atoms with Gasteiger partial charge in [-0.25, -0.2) is 4.57 Å². The van der Waals surface area contributed by atoms with Gasteiger partial charge in [0.25, 0.3) is 0 Å². The molecule has 0 radical (unpaired) electrons. The van der Waals surface area contributed by atoms with Gasteiger partial charge in [-0.1, -0.05) is 0 Å². The maximum atomic E-state index is 10.3. The minimum absolute atomic E-state index is 0.223. The van der Waals surface area contributed by atoms with E-state index in [1.54, 1.807) is 6.92 Å². The van der Waals surface area contributed by atoms with Crippen LogP contribution in [0.5, 0.6) is 0 Å². The van der Waals surface area contributed by atoms with Gasteiger partial charge >= 0.3 is 7.82 Å². The molecule has 0 fully saturated rings. The average molecular weight is 181 g/mol. The molecule has 0 aliphatic heterocycles. The molecular formula is C5H12NO4P. The molecule has 0 atom stereocenters. The van der Waals surface area contributed by atoms with Crippen molar-refractivity contribution in [2.45, 2.75) is 13.3 Å². The Balaban J connectivity index is 4.01. The van der Waals surface area contributed by atoms with E-state index < -0.39 is 7.82 Å². The smallest absolute Gasteiger partial charge is 0.409 e. The molecule has 0 rings (SSSR count). The predicted octanol–water partition coefficient (Wildman–Crippen LogP) is 0.348. The second-order valence-corrected chi connectivity index (χ2v) is 3.04. The molecule has 0 amide bonds. The molecular weight excluding hydrogens is 169 g/mol. The standard InChI is InChI=1S/C5H12NO4P/c1-2-5(3-4-6)10-11(7,8)9/h2H,3-4,6H2,1H3,(H2,7,8,9). The number of hydrogen-bond acceptors (Lipinski definition) is 3. The molecule has 6 heteroatoms. The van der Waals surface area contributed by atoms with E-state index in [9.17, 15) is 4.57 Å². The quantitative estimate of drug-likeness (QED) is 0.429. The first kappa shape index (κ1) is 10.7. The molecule has 11 heavy (non-hydrogen) atoms. The van der Waals surface area contributed by atoms with Crippen LogP contribution in [-0.4, -0.2) is 16.3 Å². The molecule has 0 aromatic rings. The second kappa shape index (κ2) is 4.51. The Kier molecular flexibility index (Phi) is 4.37. The lowest BCUT2D eigenvalue weighted by atomic mass is 10.3. The van der Waals surface area contributed by atoms with Crippen LogP contribution in [0.4, 0.5) is 0 Å². The molecule has 66 valence electrons. The number of phosphoric ester groups is 1. The molecule has 0 aromatic heterocycles. The van der Waals surface area contributed by atoms with E-state index in [4.69, 9.17) is 15.5 Å². The molecule has 0 heterocycles. The summed E-state index contributed by atoms with van der Waals surface area (Å²) in [6.07, 6.45) is 1.81. The van der Waals surface area contributed by atoms with Gasteiger partial charge in [0.2, 0.25) is 0 Å². The number of allylic oxidation sites excluding steroid dienone is 1. The normalized spacial score (nSPS) is 13.3. The first-order chi connectivity index (χ1) is 4.99. The van der Waals surface area contributed by atoms with Crippen molar-refractivity contribution in [1.29, 1.82) is 0 Å². The van der Waals surface area contributed by atoms with Crippen LogP contribution in [-0.2, 0) is 9.09 Å². The highest BCUT2D eigenvalue weighted by Crippen LogP contribution is 2.39. The summed E-state index contributed by atoms with van der Waals surface area (Å²) in [4.78, 5) is 16.7. The van der Waals surface area contributed by atoms with E-state index in [0.717, 1.165) is 0 Å². The van der Waals surface area contributed by atoms with Gasteiger partial charge in [0, 0.05) is 6.42 Å². The van der Waals surface area contributed by atoms with Crippen molar-refractivity contribution < 1.29 is 18.9 Å². The Morgan fingerprint density at radius 2 is 2.27 bits per heavy atom. The first-order valence-corrected chi connectivity index (χ1v) is 4.63. The highest BCUT2D eigenvalue weighted by atomic mass is 31.2. The number of phosphoric acid groups is 1. The minimum Gasteiger partial charge on any atom is -0.409 e. The summed E-state index contributed by atoms with van der Waals surface area (Å²) in [5.41, 5.74) is 5.15. The molecule has 0 aliphatic carbocycles. The van der Waals surface area contributed by atoms with Crippen molar-refractivity contribution in [1.82, 2.24) is 0 Å². The van der Waals surface area contributed by atoms with Crippen LogP contribution >= 0.6 is 7.82 Å². The fourth-order valence-corrected chi connectivity index (χ4v) is 1.04. The van der Waals surface area contributed by atoms with Gasteiger partial charge in [-0.2, -0.15) is 0 Å². The van der Waals surface area contributed by atoms with Crippen LogP contribution in [0.2, 0.25) is 0 Å². The zero-order chi connectivity index (χ0) is 8.91. The lowest BCUT2D eigenvalue weighted by Crippen LogP contribution is -2.01. The SMILES string of the molecule is CC=C(CCN)OP(=O)(O)O. The van der Waals surface area contributed by atoms with E-state index in [1.165, 1.54) is 6.08 Å². The van der Waals surface area contributed by atoms with Crippen LogP contribution in [0.25, 0.3) is 0 Å². The summed E-state index contributed by atoms with van der Waals surface area (Å²) in [7, 11) is -4.39. The molecule has 0 aliphatic rings. The van der Waals surface area contributed by atoms with Crippen molar-refractivity contribution in [3.63, 3.8) is 0 Å². The van der Waals surface area contributed by atoms with Gasteiger partial charge in [0.1, 0.15) is 5.76 Å². The van der Waals surface area contributed by atoms with Crippen LogP contribution in [0, 0.1) is 0 Å². The van der Waals surface area contributed by atoms with Gasteiger partial charge in [-0.15, -0.1) is 0 Å². The highest BCUT2D eigenvalue weighted by Gasteiger charge is 2.16. The predicted molar refractivity (Wildman–Crippen MR) is 40.6 cm³/mol. The summed E-state index contributed by atoms with van der Waals surface area (Å²) >= 11 is 0. The van der Waals surface area contributed by atoms with Crippen molar-refractivity contribution >= 4 is 7.82 Å².